The van der Waals surface area contributed by atoms with Crippen LogP contribution in [0.3, 0.4) is 0 Å². The first-order valence-corrected chi connectivity index (χ1v) is 6.23. The Balaban J connectivity index is 2.20. The summed E-state index contributed by atoms with van der Waals surface area (Å²) in [4.78, 5) is 10.9. The second-order valence-electron chi connectivity index (χ2n) is 5.75. The third kappa shape index (κ3) is 1.63. The highest BCUT2D eigenvalue weighted by Crippen LogP contribution is 2.57. The zero-order valence-electron chi connectivity index (χ0n) is 9.78. The molecule has 0 amide bonds. The molecule has 2 saturated carbocycles. The van der Waals surface area contributed by atoms with Gasteiger partial charge in [-0.3, -0.25) is 0 Å². The van der Waals surface area contributed by atoms with E-state index in [4.69, 9.17) is 0 Å². The Morgan fingerprint density at radius 3 is 2.80 bits per heavy atom. The lowest BCUT2D eigenvalue weighted by Gasteiger charge is -2.44. The molecule has 0 heterocycles. The Bertz CT molecular complexity index is 251. The van der Waals surface area contributed by atoms with Gasteiger partial charge in [-0.15, -0.1) is 0 Å². The summed E-state index contributed by atoms with van der Waals surface area (Å²) in [6.07, 6.45) is 6.49. The molecule has 0 aromatic rings. The largest absolute Gasteiger partial charge is 0.393 e. The van der Waals surface area contributed by atoms with Crippen LogP contribution in [-0.4, -0.2) is 17.5 Å². The minimum Gasteiger partial charge on any atom is -0.393 e. The summed E-state index contributed by atoms with van der Waals surface area (Å²) >= 11 is 0. The van der Waals surface area contributed by atoms with Crippen LogP contribution in [0.15, 0.2) is 0 Å². The van der Waals surface area contributed by atoms with E-state index < -0.39 is 0 Å². The molecule has 2 rings (SSSR count). The number of hydrogen-bond acceptors (Lipinski definition) is 2. The van der Waals surface area contributed by atoms with E-state index in [-0.39, 0.29) is 17.4 Å². The van der Waals surface area contributed by atoms with E-state index in [1.807, 2.05) is 6.92 Å². The molecule has 86 valence electrons. The summed E-state index contributed by atoms with van der Waals surface area (Å²) in [7, 11) is 0. The summed E-state index contributed by atoms with van der Waals surface area (Å²) in [5.74, 6) is 1.10. The predicted molar refractivity (Wildman–Crippen MR) is 59.4 cm³/mol. The number of aliphatic hydroxyl groups is 1. The molecule has 2 nitrogen and oxygen atoms in total. The minimum atomic E-state index is -0.118. The van der Waals surface area contributed by atoms with E-state index in [9.17, 15) is 9.90 Å². The van der Waals surface area contributed by atoms with Gasteiger partial charge in [0.2, 0.25) is 0 Å². The van der Waals surface area contributed by atoms with Crippen molar-refractivity contribution in [3.8, 4) is 0 Å². The van der Waals surface area contributed by atoms with Crippen molar-refractivity contribution in [1.82, 2.24) is 0 Å². The van der Waals surface area contributed by atoms with Crippen LogP contribution in [0.2, 0.25) is 0 Å². The molecule has 0 bridgehead atoms. The molecule has 0 aromatic carbocycles. The topological polar surface area (TPSA) is 37.3 Å². The van der Waals surface area contributed by atoms with Crippen LogP contribution in [0.5, 0.6) is 0 Å². The molecule has 1 N–H and O–H groups in total. The fraction of sp³-hybridized carbons (Fsp3) is 0.923. The normalized spacial score (nSPS) is 47.3. The number of carbonyl (C=O) groups excluding carboxylic acids is 1. The molecule has 0 saturated heterocycles. The molecule has 2 fully saturated rings. The molecule has 2 heteroatoms. The second kappa shape index (κ2) is 3.89. The molecule has 0 aliphatic heterocycles. The molecule has 15 heavy (non-hydrogen) atoms. The highest BCUT2D eigenvalue weighted by Gasteiger charge is 2.52. The van der Waals surface area contributed by atoms with Crippen molar-refractivity contribution in [2.24, 2.45) is 23.2 Å². The maximum Gasteiger partial charge on any atom is 0.123 e. The monoisotopic (exact) mass is 210 g/mol. The fourth-order valence-corrected chi connectivity index (χ4v) is 4.15. The Hall–Kier alpha value is -0.370. The molecular formula is C13H22O2. The van der Waals surface area contributed by atoms with Crippen molar-refractivity contribution >= 4 is 6.29 Å². The van der Waals surface area contributed by atoms with Gasteiger partial charge in [0.1, 0.15) is 6.29 Å². The highest BCUT2D eigenvalue weighted by molar-refractivity contribution is 5.53. The quantitative estimate of drug-likeness (QED) is 0.711. The lowest BCUT2D eigenvalue weighted by molar-refractivity contribution is -0.114. The van der Waals surface area contributed by atoms with E-state index >= 15 is 0 Å². The van der Waals surface area contributed by atoms with Crippen LogP contribution < -0.4 is 0 Å². The Labute approximate surface area is 92.1 Å². The van der Waals surface area contributed by atoms with Gasteiger partial charge in [0, 0.05) is 5.92 Å². The van der Waals surface area contributed by atoms with Crippen molar-refractivity contribution in [3.05, 3.63) is 0 Å². The first kappa shape index (κ1) is 11.1. The standard InChI is InChI=1S/C13H22O2/c1-9(8-14)10-5-6-11-12(15)4-3-7-13(10,11)2/h8-12,15H,3-7H2,1-2H3/t9-,10?,11+,12+,13-/m1/s1. The maximum atomic E-state index is 10.9. The number of carbonyl (C=O) groups is 1. The van der Waals surface area contributed by atoms with Gasteiger partial charge in [0.25, 0.3) is 0 Å². The van der Waals surface area contributed by atoms with Gasteiger partial charge in [-0.05, 0) is 42.9 Å². The van der Waals surface area contributed by atoms with Gasteiger partial charge in [-0.2, -0.15) is 0 Å². The molecule has 2 aliphatic carbocycles. The fourth-order valence-electron chi connectivity index (χ4n) is 4.15. The lowest BCUT2D eigenvalue weighted by atomic mass is 9.62. The van der Waals surface area contributed by atoms with Crippen LogP contribution in [-0.2, 0) is 4.79 Å². The van der Waals surface area contributed by atoms with Gasteiger partial charge in [-0.25, -0.2) is 0 Å². The predicted octanol–water partition coefficient (Wildman–Crippen LogP) is 2.40. The van der Waals surface area contributed by atoms with Crippen molar-refractivity contribution in [3.63, 3.8) is 0 Å². The third-order valence-corrected chi connectivity index (χ3v) is 5.01. The van der Waals surface area contributed by atoms with Crippen molar-refractivity contribution < 1.29 is 9.90 Å². The van der Waals surface area contributed by atoms with Gasteiger partial charge in [0.15, 0.2) is 0 Å². The van der Waals surface area contributed by atoms with E-state index in [0.29, 0.717) is 11.8 Å². The summed E-state index contributed by atoms with van der Waals surface area (Å²) in [6.45, 7) is 4.32. The maximum absolute atomic E-state index is 10.9. The van der Waals surface area contributed by atoms with Crippen molar-refractivity contribution in [1.29, 1.82) is 0 Å². The summed E-state index contributed by atoms with van der Waals surface area (Å²) in [5, 5.41) is 10.0. The zero-order valence-corrected chi connectivity index (χ0v) is 9.78. The minimum absolute atomic E-state index is 0.118. The molecule has 0 aromatic heterocycles. The zero-order chi connectivity index (χ0) is 11.1. The van der Waals surface area contributed by atoms with Gasteiger partial charge >= 0.3 is 0 Å². The summed E-state index contributed by atoms with van der Waals surface area (Å²) in [5.41, 5.74) is 0.220. The second-order valence-corrected chi connectivity index (χ2v) is 5.75. The average molecular weight is 210 g/mol. The number of fused-ring (bicyclic) bond motifs is 1. The van der Waals surface area contributed by atoms with Gasteiger partial charge in [0.05, 0.1) is 6.10 Å². The van der Waals surface area contributed by atoms with Crippen molar-refractivity contribution in [2.45, 2.75) is 52.1 Å². The number of hydrogen-bond donors (Lipinski definition) is 1. The van der Waals surface area contributed by atoms with Crippen LogP contribution in [0, 0.1) is 23.2 Å². The van der Waals surface area contributed by atoms with Gasteiger partial charge in [-0.1, -0.05) is 20.3 Å². The van der Waals surface area contributed by atoms with Crippen LogP contribution in [0.4, 0.5) is 0 Å². The first-order valence-electron chi connectivity index (χ1n) is 6.23. The van der Waals surface area contributed by atoms with Crippen LogP contribution in [0.25, 0.3) is 0 Å². The summed E-state index contributed by atoms with van der Waals surface area (Å²) in [6, 6.07) is 0. The van der Waals surface area contributed by atoms with E-state index in [1.54, 1.807) is 0 Å². The van der Waals surface area contributed by atoms with Crippen LogP contribution in [0.1, 0.15) is 46.0 Å². The molecule has 1 unspecified atom stereocenters. The average Bonchev–Trinajstić information content (AvgIpc) is 2.56. The highest BCUT2D eigenvalue weighted by atomic mass is 16.3. The lowest BCUT2D eigenvalue weighted by Crippen LogP contribution is -2.41. The SMILES string of the molecule is C[C@H](C=O)C1CC[C@H]2[C@@H](O)CCC[C@]12C. The van der Waals surface area contributed by atoms with E-state index in [1.165, 1.54) is 6.42 Å². The Morgan fingerprint density at radius 2 is 2.13 bits per heavy atom. The van der Waals surface area contributed by atoms with Crippen LogP contribution >= 0.6 is 0 Å². The smallest absolute Gasteiger partial charge is 0.123 e. The summed E-state index contributed by atoms with van der Waals surface area (Å²) < 4.78 is 0. The van der Waals surface area contributed by atoms with E-state index in [2.05, 4.69) is 6.92 Å². The van der Waals surface area contributed by atoms with E-state index in [0.717, 1.165) is 32.0 Å². The number of aliphatic hydroxyl groups excluding tert-OH is 1. The third-order valence-electron chi connectivity index (χ3n) is 5.01. The van der Waals surface area contributed by atoms with Gasteiger partial charge < -0.3 is 9.90 Å². The Kier molecular flexibility index (Phi) is 2.89. The molecule has 2 aliphatic rings. The number of aldehydes is 1. The molecule has 0 radical (unpaired) electrons. The first-order chi connectivity index (χ1) is 7.09. The van der Waals surface area contributed by atoms with Crippen molar-refractivity contribution in [2.75, 3.05) is 0 Å². The Morgan fingerprint density at radius 1 is 1.40 bits per heavy atom. The molecule has 5 atom stereocenters. The number of rotatable bonds is 2. The molecule has 0 spiro atoms. The molecular weight excluding hydrogens is 188 g/mol.